The van der Waals surface area contributed by atoms with Crippen LogP contribution in [-0.2, 0) is 9.59 Å². The van der Waals surface area contributed by atoms with Crippen molar-refractivity contribution in [3.05, 3.63) is 51.8 Å². The number of halogens is 1. The van der Waals surface area contributed by atoms with E-state index in [1.54, 1.807) is 18.2 Å². The summed E-state index contributed by atoms with van der Waals surface area (Å²) in [5, 5.41) is 5.01. The molecule has 1 unspecified atom stereocenters. The number of carbonyl (C=O) groups is 3. The number of hydrogen-bond donors (Lipinski definition) is 0. The largest absolute Gasteiger partial charge is 0.349 e. The van der Waals surface area contributed by atoms with Gasteiger partial charge in [-0.05, 0) is 18.2 Å². The molecule has 0 aliphatic carbocycles. The van der Waals surface area contributed by atoms with Gasteiger partial charge in [0.15, 0.2) is 5.92 Å². The van der Waals surface area contributed by atoms with Gasteiger partial charge in [-0.2, -0.15) is 5.10 Å². The molecule has 1 saturated heterocycles. The molecule has 0 N–H and O–H groups in total. The molecule has 1 fully saturated rings. The SMILES string of the molecule is CN1C(=O)N=CC(C(=O)N2CC(n3nc(-c4ccc(Cl)cc4)ccc3=O)C2)C1=O. The number of benzene rings is 1. The molecule has 9 nitrogen and oxygen atoms in total. The molecule has 4 amide bonds. The lowest BCUT2D eigenvalue weighted by Crippen LogP contribution is -2.57. The Hall–Kier alpha value is -3.33. The van der Waals surface area contributed by atoms with E-state index in [2.05, 4.69) is 10.1 Å². The zero-order valence-electron chi connectivity index (χ0n) is 15.4. The zero-order chi connectivity index (χ0) is 20.7. The van der Waals surface area contributed by atoms with Crippen molar-refractivity contribution >= 4 is 35.7 Å². The van der Waals surface area contributed by atoms with Crippen LogP contribution in [0.25, 0.3) is 11.3 Å². The fraction of sp³-hybridized carbons (Fsp3) is 0.263. The van der Waals surface area contributed by atoms with Crippen molar-refractivity contribution in [1.29, 1.82) is 0 Å². The van der Waals surface area contributed by atoms with Gasteiger partial charge in [0, 0.05) is 43.0 Å². The molecule has 29 heavy (non-hydrogen) atoms. The Morgan fingerprint density at radius 1 is 1.07 bits per heavy atom. The molecular formula is C19H16ClN5O4. The van der Waals surface area contributed by atoms with Crippen LogP contribution in [0.1, 0.15) is 6.04 Å². The molecule has 10 heteroatoms. The number of hydrogen-bond acceptors (Lipinski definition) is 5. The molecule has 0 radical (unpaired) electrons. The lowest BCUT2D eigenvalue weighted by atomic mass is 10.0. The number of nitrogens with zero attached hydrogens (tertiary/aromatic N) is 5. The van der Waals surface area contributed by atoms with Gasteiger partial charge in [0.1, 0.15) is 0 Å². The first kappa shape index (κ1) is 19.0. The first-order valence-corrected chi connectivity index (χ1v) is 9.23. The molecule has 0 bridgehead atoms. The van der Waals surface area contributed by atoms with E-state index in [1.165, 1.54) is 22.7 Å². The van der Waals surface area contributed by atoms with E-state index in [4.69, 9.17) is 11.6 Å². The standard InChI is InChI=1S/C19H16ClN5O4/c1-23-17(27)14(8-21-19(23)29)18(28)24-9-13(10-24)25-16(26)7-6-15(22-25)11-2-4-12(20)5-3-11/h2-8,13-14H,9-10H2,1H3. The number of aromatic nitrogens is 2. The minimum absolute atomic E-state index is 0.241. The van der Waals surface area contributed by atoms with Gasteiger partial charge >= 0.3 is 6.03 Å². The molecular weight excluding hydrogens is 398 g/mol. The van der Waals surface area contributed by atoms with Crippen molar-refractivity contribution in [3.8, 4) is 11.3 Å². The highest BCUT2D eigenvalue weighted by Gasteiger charge is 2.41. The summed E-state index contributed by atoms with van der Waals surface area (Å²) in [5.74, 6) is -2.18. The van der Waals surface area contributed by atoms with E-state index in [0.29, 0.717) is 10.7 Å². The maximum atomic E-state index is 12.6. The maximum absolute atomic E-state index is 12.6. The number of imide groups is 1. The quantitative estimate of drug-likeness (QED) is 0.703. The van der Waals surface area contributed by atoms with Crippen molar-refractivity contribution in [2.24, 2.45) is 10.9 Å². The third kappa shape index (κ3) is 3.44. The fourth-order valence-corrected chi connectivity index (χ4v) is 3.34. The summed E-state index contributed by atoms with van der Waals surface area (Å²) in [6, 6.07) is 9.16. The Morgan fingerprint density at radius 3 is 2.45 bits per heavy atom. The van der Waals surface area contributed by atoms with Gasteiger partial charge in [0.2, 0.25) is 11.8 Å². The van der Waals surface area contributed by atoms with Crippen LogP contribution < -0.4 is 5.56 Å². The van der Waals surface area contributed by atoms with Crippen LogP contribution in [0.15, 0.2) is 46.2 Å². The van der Waals surface area contributed by atoms with Crippen molar-refractivity contribution in [1.82, 2.24) is 19.6 Å². The molecule has 1 atom stereocenters. The third-order valence-electron chi connectivity index (χ3n) is 4.97. The highest BCUT2D eigenvalue weighted by atomic mass is 35.5. The molecule has 2 aliphatic heterocycles. The summed E-state index contributed by atoms with van der Waals surface area (Å²) in [5.41, 5.74) is 1.15. The van der Waals surface area contributed by atoms with Crippen LogP contribution in [0, 0.1) is 5.92 Å². The van der Waals surface area contributed by atoms with E-state index in [-0.39, 0.29) is 24.7 Å². The second-order valence-corrected chi connectivity index (χ2v) is 7.28. The maximum Gasteiger partial charge on any atom is 0.349 e. The van der Waals surface area contributed by atoms with Crippen LogP contribution in [0.5, 0.6) is 0 Å². The second-order valence-electron chi connectivity index (χ2n) is 6.84. The van der Waals surface area contributed by atoms with Gasteiger partial charge in [-0.3, -0.25) is 19.3 Å². The zero-order valence-corrected chi connectivity index (χ0v) is 16.1. The van der Waals surface area contributed by atoms with Crippen molar-refractivity contribution < 1.29 is 14.4 Å². The van der Waals surface area contributed by atoms with Gasteiger partial charge < -0.3 is 4.90 Å². The van der Waals surface area contributed by atoms with Gasteiger partial charge in [0.25, 0.3) is 5.56 Å². The van der Waals surface area contributed by atoms with Crippen LogP contribution in [0.2, 0.25) is 5.02 Å². The van der Waals surface area contributed by atoms with E-state index in [0.717, 1.165) is 16.7 Å². The smallest absolute Gasteiger partial charge is 0.337 e. The number of aliphatic imine (C=N–C) groups is 1. The van der Waals surface area contributed by atoms with Crippen molar-refractivity contribution in [2.45, 2.75) is 6.04 Å². The summed E-state index contributed by atoms with van der Waals surface area (Å²) < 4.78 is 1.35. The van der Waals surface area contributed by atoms with E-state index in [9.17, 15) is 19.2 Å². The van der Waals surface area contributed by atoms with E-state index < -0.39 is 23.8 Å². The topological polar surface area (TPSA) is 105 Å². The number of rotatable bonds is 3. The van der Waals surface area contributed by atoms with E-state index in [1.807, 2.05) is 12.1 Å². The molecule has 0 spiro atoms. The minimum atomic E-state index is -1.12. The lowest BCUT2D eigenvalue weighted by molar-refractivity contribution is -0.146. The lowest BCUT2D eigenvalue weighted by Gasteiger charge is -2.40. The Balaban J connectivity index is 1.49. The number of urea groups is 1. The number of amides is 4. The summed E-state index contributed by atoms with van der Waals surface area (Å²) in [6.07, 6.45) is 1.08. The molecule has 4 rings (SSSR count). The predicted molar refractivity (Wildman–Crippen MR) is 105 cm³/mol. The van der Waals surface area contributed by atoms with E-state index >= 15 is 0 Å². The van der Waals surface area contributed by atoms with Crippen LogP contribution >= 0.6 is 11.6 Å². The summed E-state index contributed by atoms with van der Waals surface area (Å²) in [6.45, 7) is 0.482. The normalized spacial score (nSPS) is 19.4. The summed E-state index contributed by atoms with van der Waals surface area (Å²) in [7, 11) is 1.28. The highest BCUT2D eigenvalue weighted by Crippen LogP contribution is 2.24. The number of likely N-dealkylation sites (tertiary alicyclic amines) is 1. The Morgan fingerprint density at radius 2 is 1.76 bits per heavy atom. The minimum Gasteiger partial charge on any atom is -0.337 e. The predicted octanol–water partition coefficient (Wildman–Crippen LogP) is 1.23. The first-order chi connectivity index (χ1) is 13.8. The average Bonchev–Trinajstić information content (AvgIpc) is 2.67. The van der Waals surface area contributed by atoms with Crippen molar-refractivity contribution in [2.75, 3.05) is 20.1 Å². The molecule has 2 aromatic rings. The van der Waals surface area contributed by atoms with Gasteiger partial charge in [0.05, 0.1) is 11.7 Å². The Kier molecular flexibility index (Phi) is 4.75. The fourth-order valence-electron chi connectivity index (χ4n) is 3.21. The van der Waals surface area contributed by atoms with Crippen LogP contribution in [0.4, 0.5) is 4.79 Å². The van der Waals surface area contributed by atoms with Gasteiger partial charge in [-0.25, -0.2) is 14.5 Å². The molecule has 1 aromatic carbocycles. The average molecular weight is 414 g/mol. The second kappa shape index (κ2) is 7.25. The Bertz CT molecular complexity index is 1090. The van der Waals surface area contributed by atoms with Gasteiger partial charge in [-0.1, -0.05) is 23.7 Å². The highest BCUT2D eigenvalue weighted by molar-refractivity contribution is 6.30. The third-order valence-corrected chi connectivity index (χ3v) is 5.22. The van der Waals surface area contributed by atoms with Crippen LogP contribution in [-0.4, -0.2) is 63.8 Å². The summed E-state index contributed by atoms with van der Waals surface area (Å²) in [4.78, 5) is 54.2. The molecule has 0 saturated carbocycles. The molecule has 1 aromatic heterocycles. The van der Waals surface area contributed by atoms with Gasteiger partial charge in [-0.15, -0.1) is 0 Å². The number of carbonyl (C=O) groups excluding carboxylic acids is 3. The monoisotopic (exact) mass is 413 g/mol. The first-order valence-electron chi connectivity index (χ1n) is 8.85. The summed E-state index contributed by atoms with van der Waals surface area (Å²) >= 11 is 5.91. The molecule has 3 heterocycles. The molecule has 2 aliphatic rings. The van der Waals surface area contributed by atoms with Crippen molar-refractivity contribution in [3.63, 3.8) is 0 Å². The molecule has 148 valence electrons. The van der Waals surface area contributed by atoms with Crippen LogP contribution in [0.3, 0.4) is 0 Å². The Labute approximate surface area is 170 Å².